The number of carbonyl (C=O) groups is 1. The summed E-state index contributed by atoms with van der Waals surface area (Å²) in [5.74, 6) is -0.282. The van der Waals surface area contributed by atoms with Crippen LogP contribution in [0.1, 0.15) is 16.1 Å². The molecule has 0 saturated carbocycles. The van der Waals surface area contributed by atoms with Crippen LogP contribution < -0.4 is 5.32 Å². The van der Waals surface area contributed by atoms with Crippen molar-refractivity contribution in [3.63, 3.8) is 0 Å². The largest absolute Gasteiger partial charge is 0.461 e. The van der Waals surface area contributed by atoms with Crippen LogP contribution in [0.25, 0.3) is 11.3 Å². The Kier molecular flexibility index (Phi) is 3.93. The monoisotopic (exact) mass is 313 g/mol. The molecule has 0 spiro atoms. The first-order valence-corrected chi connectivity index (χ1v) is 6.96. The molecule has 1 N–H and O–H groups in total. The fourth-order valence-corrected chi connectivity index (χ4v) is 2.23. The first-order chi connectivity index (χ1) is 11.0. The minimum absolute atomic E-state index is 0.341. The normalized spacial score (nSPS) is 10.6. The number of nitrogens with one attached hydrogen (secondary N) is 1. The Morgan fingerprint density at radius 2 is 1.74 bits per heavy atom. The molecular formula is C18H13F2NO2. The number of furan rings is 1. The highest BCUT2D eigenvalue weighted by atomic mass is 19.1. The molecule has 1 amide bonds. The zero-order valence-corrected chi connectivity index (χ0v) is 12.3. The molecule has 0 aliphatic rings. The highest BCUT2D eigenvalue weighted by molar-refractivity contribution is 6.05. The van der Waals surface area contributed by atoms with E-state index >= 15 is 0 Å². The van der Waals surface area contributed by atoms with Gasteiger partial charge in [0, 0.05) is 11.3 Å². The minimum Gasteiger partial charge on any atom is -0.461 e. The number of aryl methyl sites for hydroxylation is 1. The summed E-state index contributed by atoms with van der Waals surface area (Å²) in [6, 6.07) is 13.0. The lowest BCUT2D eigenvalue weighted by Gasteiger charge is -2.03. The molecule has 0 unspecified atom stereocenters. The van der Waals surface area contributed by atoms with Gasteiger partial charge in [0.25, 0.3) is 5.91 Å². The lowest BCUT2D eigenvalue weighted by Crippen LogP contribution is -2.12. The van der Waals surface area contributed by atoms with Gasteiger partial charge in [0.15, 0.2) is 0 Å². The van der Waals surface area contributed by atoms with E-state index in [-0.39, 0.29) is 5.82 Å². The van der Waals surface area contributed by atoms with Crippen LogP contribution in [0.5, 0.6) is 0 Å². The Morgan fingerprint density at radius 3 is 2.43 bits per heavy atom. The fourth-order valence-electron chi connectivity index (χ4n) is 2.23. The predicted molar refractivity (Wildman–Crippen MR) is 83.2 cm³/mol. The first-order valence-electron chi connectivity index (χ1n) is 6.96. The van der Waals surface area contributed by atoms with E-state index in [1.807, 2.05) is 0 Å². The summed E-state index contributed by atoms with van der Waals surface area (Å²) in [4.78, 5) is 12.3. The van der Waals surface area contributed by atoms with E-state index in [4.69, 9.17) is 4.42 Å². The molecule has 116 valence electrons. The second kappa shape index (κ2) is 6.04. The van der Waals surface area contributed by atoms with Crippen LogP contribution in [-0.2, 0) is 0 Å². The van der Waals surface area contributed by atoms with Gasteiger partial charge in [-0.1, -0.05) is 6.07 Å². The number of amides is 1. The average molecular weight is 313 g/mol. The third kappa shape index (κ3) is 3.29. The van der Waals surface area contributed by atoms with Crippen molar-refractivity contribution >= 4 is 11.6 Å². The van der Waals surface area contributed by atoms with Crippen molar-refractivity contribution in [3.05, 3.63) is 77.6 Å². The summed E-state index contributed by atoms with van der Waals surface area (Å²) in [7, 11) is 0. The van der Waals surface area contributed by atoms with Crippen LogP contribution >= 0.6 is 0 Å². The molecule has 1 heterocycles. The molecule has 0 aliphatic heterocycles. The third-order valence-electron chi connectivity index (χ3n) is 3.37. The number of carbonyl (C=O) groups excluding carboxylic acids is 1. The van der Waals surface area contributed by atoms with Crippen LogP contribution in [0.4, 0.5) is 14.5 Å². The molecule has 5 heteroatoms. The van der Waals surface area contributed by atoms with Gasteiger partial charge in [-0.3, -0.25) is 4.79 Å². The Balaban J connectivity index is 1.85. The van der Waals surface area contributed by atoms with Crippen LogP contribution in [0.15, 0.2) is 59.0 Å². The van der Waals surface area contributed by atoms with Crippen molar-refractivity contribution in [1.29, 1.82) is 0 Å². The molecule has 0 fully saturated rings. The summed E-state index contributed by atoms with van der Waals surface area (Å²) in [5, 5.41) is 2.61. The highest BCUT2D eigenvalue weighted by Crippen LogP contribution is 2.26. The SMILES string of the molecule is Cc1oc(-c2ccc(F)cc2)cc1C(=O)Nc1cccc(F)c1. The van der Waals surface area contributed by atoms with Gasteiger partial charge < -0.3 is 9.73 Å². The Bertz CT molecular complexity index is 854. The van der Waals surface area contributed by atoms with Crippen molar-refractivity contribution in [1.82, 2.24) is 0 Å². The fraction of sp³-hybridized carbons (Fsp3) is 0.0556. The van der Waals surface area contributed by atoms with Crippen molar-refractivity contribution in [2.45, 2.75) is 6.92 Å². The molecule has 0 radical (unpaired) electrons. The standard InChI is InChI=1S/C18H13F2NO2/c1-11-16(18(22)21-15-4-2-3-14(20)9-15)10-17(23-11)12-5-7-13(19)8-6-12/h2-10H,1H3,(H,21,22). The Hall–Kier alpha value is -2.95. The maximum Gasteiger partial charge on any atom is 0.259 e. The molecule has 3 rings (SSSR count). The quantitative estimate of drug-likeness (QED) is 0.755. The lowest BCUT2D eigenvalue weighted by molar-refractivity contribution is 0.102. The molecule has 3 aromatic rings. The van der Waals surface area contributed by atoms with Crippen LogP contribution in [0, 0.1) is 18.6 Å². The number of benzene rings is 2. The van der Waals surface area contributed by atoms with E-state index in [0.29, 0.717) is 28.3 Å². The smallest absolute Gasteiger partial charge is 0.259 e. The van der Waals surface area contributed by atoms with E-state index in [2.05, 4.69) is 5.32 Å². The lowest BCUT2D eigenvalue weighted by atomic mass is 10.1. The Morgan fingerprint density at radius 1 is 1.00 bits per heavy atom. The number of rotatable bonds is 3. The van der Waals surface area contributed by atoms with Gasteiger partial charge >= 0.3 is 0 Å². The molecule has 23 heavy (non-hydrogen) atoms. The van der Waals surface area contributed by atoms with Crippen molar-refractivity contribution in [3.8, 4) is 11.3 Å². The maximum absolute atomic E-state index is 13.2. The number of halogens is 2. The summed E-state index contributed by atoms with van der Waals surface area (Å²) >= 11 is 0. The number of anilines is 1. The molecule has 0 saturated heterocycles. The third-order valence-corrected chi connectivity index (χ3v) is 3.37. The van der Waals surface area contributed by atoms with E-state index in [1.165, 1.54) is 30.3 Å². The first kappa shape index (κ1) is 15.0. The van der Waals surface area contributed by atoms with Gasteiger partial charge in [-0.15, -0.1) is 0 Å². The average Bonchev–Trinajstić information content (AvgIpc) is 2.90. The molecule has 1 aromatic heterocycles. The highest BCUT2D eigenvalue weighted by Gasteiger charge is 2.16. The number of hydrogen-bond acceptors (Lipinski definition) is 2. The van der Waals surface area contributed by atoms with Crippen LogP contribution in [0.2, 0.25) is 0 Å². The second-order valence-electron chi connectivity index (χ2n) is 5.05. The topological polar surface area (TPSA) is 42.2 Å². The van der Waals surface area contributed by atoms with Gasteiger partial charge in [0.05, 0.1) is 5.56 Å². The van der Waals surface area contributed by atoms with Gasteiger partial charge in [0.2, 0.25) is 0 Å². The summed E-state index contributed by atoms with van der Waals surface area (Å²) in [6.45, 7) is 1.66. The molecule has 0 bridgehead atoms. The van der Waals surface area contributed by atoms with Gasteiger partial charge in [-0.2, -0.15) is 0 Å². The van der Waals surface area contributed by atoms with E-state index in [9.17, 15) is 13.6 Å². The van der Waals surface area contributed by atoms with Crippen LogP contribution in [0.3, 0.4) is 0 Å². The number of hydrogen-bond donors (Lipinski definition) is 1. The van der Waals surface area contributed by atoms with Gasteiger partial charge in [-0.25, -0.2) is 8.78 Å². The molecule has 0 atom stereocenters. The zero-order valence-electron chi connectivity index (χ0n) is 12.3. The van der Waals surface area contributed by atoms with E-state index in [0.717, 1.165) is 0 Å². The second-order valence-corrected chi connectivity index (χ2v) is 5.05. The molecule has 0 aliphatic carbocycles. The van der Waals surface area contributed by atoms with E-state index < -0.39 is 11.7 Å². The predicted octanol–water partition coefficient (Wildman–Crippen LogP) is 4.79. The molecule has 2 aromatic carbocycles. The van der Waals surface area contributed by atoms with Crippen molar-refractivity contribution < 1.29 is 18.0 Å². The van der Waals surface area contributed by atoms with Crippen LogP contribution in [-0.4, -0.2) is 5.91 Å². The van der Waals surface area contributed by atoms with Gasteiger partial charge in [0.1, 0.15) is 23.2 Å². The molecular weight excluding hydrogens is 300 g/mol. The van der Waals surface area contributed by atoms with Crippen molar-refractivity contribution in [2.75, 3.05) is 5.32 Å². The Labute approximate surface area is 131 Å². The minimum atomic E-state index is -0.432. The van der Waals surface area contributed by atoms with Crippen molar-refractivity contribution in [2.24, 2.45) is 0 Å². The summed E-state index contributed by atoms with van der Waals surface area (Å²) < 4.78 is 31.7. The summed E-state index contributed by atoms with van der Waals surface area (Å²) in [5.41, 5.74) is 1.37. The van der Waals surface area contributed by atoms with Gasteiger partial charge in [-0.05, 0) is 55.5 Å². The molecule has 3 nitrogen and oxygen atoms in total. The maximum atomic E-state index is 13.2. The zero-order chi connectivity index (χ0) is 16.4. The summed E-state index contributed by atoms with van der Waals surface area (Å²) in [6.07, 6.45) is 0. The van der Waals surface area contributed by atoms with E-state index in [1.54, 1.807) is 31.2 Å².